The topological polar surface area (TPSA) is 58.1 Å². The number of hydrogen-bond donors (Lipinski definition) is 0. The number of ether oxygens (including phenoxy) is 1. The van der Waals surface area contributed by atoms with Gasteiger partial charge in [0.15, 0.2) is 0 Å². The standard InChI is InChI=1S/C6H7BrN2O.CH3O.Na/c1-4-5(7)6(10-2)9-3-8-4;1-2;/h3H,1-2H3;1H3;/q;-1;+1. The summed E-state index contributed by atoms with van der Waals surface area (Å²) in [7, 11) is 2.33. The van der Waals surface area contributed by atoms with Crippen LogP contribution in [0.3, 0.4) is 0 Å². The van der Waals surface area contributed by atoms with E-state index in [9.17, 15) is 0 Å². The van der Waals surface area contributed by atoms with Crippen molar-refractivity contribution in [3.63, 3.8) is 0 Å². The van der Waals surface area contributed by atoms with Crippen molar-refractivity contribution in [2.24, 2.45) is 0 Å². The summed E-state index contributed by atoms with van der Waals surface area (Å²) in [6.45, 7) is 1.88. The molecule has 0 fully saturated rings. The molecule has 0 spiro atoms. The Bertz CT molecular complexity index is 248. The van der Waals surface area contributed by atoms with Crippen LogP contribution in [0.25, 0.3) is 0 Å². The van der Waals surface area contributed by atoms with E-state index in [4.69, 9.17) is 9.84 Å². The Morgan fingerprint density at radius 2 is 1.92 bits per heavy atom. The van der Waals surface area contributed by atoms with Crippen LogP contribution < -0.4 is 39.4 Å². The molecule has 0 radical (unpaired) electrons. The van der Waals surface area contributed by atoms with Crippen molar-refractivity contribution >= 4 is 15.9 Å². The van der Waals surface area contributed by atoms with Gasteiger partial charge in [-0.2, -0.15) is 7.11 Å². The van der Waals surface area contributed by atoms with Crippen LogP contribution >= 0.6 is 15.9 Å². The number of nitrogens with zero attached hydrogens (tertiary/aromatic N) is 2. The molecule has 0 atom stereocenters. The molecule has 0 aliphatic carbocycles. The van der Waals surface area contributed by atoms with Crippen LogP contribution in [0, 0.1) is 6.92 Å². The van der Waals surface area contributed by atoms with E-state index >= 15 is 0 Å². The Labute approximate surface area is 108 Å². The van der Waals surface area contributed by atoms with Gasteiger partial charge in [0, 0.05) is 0 Å². The van der Waals surface area contributed by atoms with Crippen LogP contribution in [-0.4, -0.2) is 24.2 Å². The third-order valence-electron chi connectivity index (χ3n) is 1.13. The molecule has 0 aromatic carbocycles. The Balaban J connectivity index is 0. The molecule has 0 amide bonds. The second kappa shape index (κ2) is 8.90. The van der Waals surface area contributed by atoms with Gasteiger partial charge in [-0.1, -0.05) is 0 Å². The van der Waals surface area contributed by atoms with Crippen molar-refractivity contribution in [2.75, 3.05) is 14.2 Å². The van der Waals surface area contributed by atoms with Gasteiger partial charge in [-0.05, 0) is 22.9 Å². The molecule has 0 saturated heterocycles. The molecular formula is C7H10BrN2NaO2. The van der Waals surface area contributed by atoms with E-state index in [1.165, 1.54) is 6.33 Å². The molecule has 1 aromatic rings. The van der Waals surface area contributed by atoms with Gasteiger partial charge in [0.25, 0.3) is 0 Å². The zero-order valence-electron chi connectivity index (χ0n) is 8.17. The van der Waals surface area contributed by atoms with Crippen LogP contribution in [0.4, 0.5) is 0 Å². The van der Waals surface area contributed by atoms with Crippen molar-refractivity contribution in [3.8, 4) is 5.88 Å². The number of hydrogen-bond acceptors (Lipinski definition) is 4. The van der Waals surface area contributed by atoms with Gasteiger partial charge in [0.1, 0.15) is 10.8 Å². The van der Waals surface area contributed by atoms with E-state index in [-0.39, 0.29) is 29.6 Å². The molecule has 0 aliphatic rings. The van der Waals surface area contributed by atoms with E-state index in [2.05, 4.69) is 25.9 Å². The third-order valence-corrected chi connectivity index (χ3v) is 2.04. The first-order chi connectivity index (χ1) is 5.75. The van der Waals surface area contributed by atoms with E-state index in [0.29, 0.717) is 5.88 Å². The van der Waals surface area contributed by atoms with Crippen LogP contribution in [0.1, 0.15) is 5.69 Å². The number of methoxy groups -OCH3 is 1. The van der Waals surface area contributed by atoms with Crippen LogP contribution in [0.5, 0.6) is 5.88 Å². The first-order valence-corrected chi connectivity index (χ1v) is 3.97. The zero-order valence-corrected chi connectivity index (χ0v) is 11.8. The second-order valence-electron chi connectivity index (χ2n) is 1.78. The molecule has 68 valence electrons. The largest absolute Gasteiger partial charge is 1.00 e. The summed E-state index contributed by atoms with van der Waals surface area (Å²) in [4.78, 5) is 7.83. The fourth-order valence-electron chi connectivity index (χ4n) is 0.578. The molecule has 1 rings (SSSR count). The summed E-state index contributed by atoms with van der Waals surface area (Å²) in [6, 6.07) is 0. The maximum Gasteiger partial charge on any atom is 1.00 e. The molecule has 1 aromatic heterocycles. The van der Waals surface area contributed by atoms with E-state index in [1.807, 2.05) is 6.92 Å². The summed E-state index contributed by atoms with van der Waals surface area (Å²) in [5, 5.41) is 8.25. The number of aromatic nitrogens is 2. The summed E-state index contributed by atoms with van der Waals surface area (Å²) in [5.74, 6) is 0.576. The Hall–Kier alpha value is 0.320. The number of aryl methyl sites for hydroxylation is 1. The van der Waals surface area contributed by atoms with Crippen molar-refractivity contribution in [1.29, 1.82) is 0 Å². The van der Waals surface area contributed by atoms with Gasteiger partial charge in [0.05, 0.1) is 12.8 Å². The molecule has 0 bridgehead atoms. The SMILES string of the molecule is COc1ncnc(C)c1Br.C[O-].[Na+]. The van der Waals surface area contributed by atoms with Gasteiger partial charge in [-0.25, -0.2) is 9.97 Å². The Morgan fingerprint density at radius 1 is 1.38 bits per heavy atom. The van der Waals surface area contributed by atoms with Gasteiger partial charge >= 0.3 is 29.6 Å². The summed E-state index contributed by atoms with van der Waals surface area (Å²) >= 11 is 3.29. The number of rotatable bonds is 1. The molecule has 4 nitrogen and oxygen atoms in total. The minimum Gasteiger partial charge on any atom is -0.857 e. The first kappa shape index (κ1) is 15.8. The van der Waals surface area contributed by atoms with Crippen molar-refractivity contribution in [1.82, 2.24) is 9.97 Å². The molecule has 13 heavy (non-hydrogen) atoms. The minimum atomic E-state index is 0. The summed E-state index contributed by atoms with van der Waals surface area (Å²) < 4.78 is 5.74. The average Bonchev–Trinajstić information content (AvgIpc) is 2.13. The van der Waals surface area contributed by atoms with Crippen molar-refractivity contribution in [2.45, 2.75) is 6.92 Å². The van der Waals surface area contributed by atoms with Crippen LogP contribution in [0.15, 0.2) is 10.8 Å². The quantitative estimate of drug-likeness (QED) is 0.523. The predicted molar refractivity (Wildman–Crippen MR) is 46.9 cm³/mol. The fraction of sp³-hybridized carbons (Fsp3) is 0.429. The summed E-state index contributed by atoms with van der Waals surface area (Å²) in [6.07, 6.45) is 1.47. The van der Waals surface area contributed by atoms with Gasteiger partial charge in [0.2, 0.25) is 5.88 Å². The Kier molecular flexibility index (Phi) is 10.8. The van der Waals surface area contributed by atoms with Gasteiger partial charge in [-0.3, -0.25) is 0 Å². The average molecular weight is 257 g/mol. The van der Waals surface area contributed by atoms with E-state index < -0.39 is 0 Å². The van der Waals surface area contributed by atoms with Crippen molar-refractivity contribution < 1.29 is 39.4 Å². The molecule has 0 unspecified atom stereocenters. The normalized spacial score (nSPS) is 7.77. The molecule has 1 heterocycles. The zero-order chi connectivity index (χ0) is 9.56. The number of halogens is 1. The first-order valence-electron chi connectivity index (χ1n) is 3.17. The van der Waals surface area contributed by atoms with Gasteiger partial charge < -0.3 is 9.84 Å². The predicted octanol–water partition coefficient (Wildman–Crippen LogP) is -2.46. The molecule has 6 heteroatoms. The van der Waals surface area contributed by atoms with Crippen LogP contribution in [-0.2, 0) is 0 Å². The monoisotopic (exact) mass is 256 g/mol. The molecule has 0 saturated carbocycles. The van der Waals surface area contributed by atoms with E-state index in [1.54, 1.807) is 7.11 Å². The molecule has 0 N–H and O–H groups in total. The van der Waals surface area contributed by atoms with Crippen LogP contribution in [0.2, 0.25) is 0 Å². The molecule has 0 aliphatic heterocycles. The maximum absolute atomic E-state index is 8.25. The molecular weight excluding hydrogens is 247 g/mol. The van der Waals surface area contributed by atoms with E-state index in [0.717, 1.165) is 17.3 Å². The summed E-state index contributed by atoms with van der Waals surface area (Å²) in [5.41, 5.74) is 0.881. The fourth-order valence-corrected chi connectivity index (χ4v) is 0.945. The third kappa shape index (κ3) is 4.93. The van der Waals surface area contributed by atoms with Gasteiger partial charge in [-0.15, -0.1) is 0 Å². The maximum atomic E-state index is 8.25. The second-order valence-corrected chi connectivity index (χ2v) is 2.58. The van der Waals surface area contributed by atoms with Crippen molar-refractivity contribution in [3.05, 3.63) is 16.5 Å². The minimum absolute atomic E-state index is 0. The smallest absolute Gasteiger partial charge is 0.857 e. The Morgan fingerprint density at radius 3 is 2.31 bits per heavy atom.